The van der Waals surface area contributed by atoms with Crippen LogP contribution in [0.3, 0.4) is 0 Å². The van der Waals surface area contributed by atoms with Gasteiger partial charge in [0.15, 0.2) is 6.10 Å². The number of alkyl halides is 3. The van der Waals surface area contributed by atoms with Crippen LogP contribution in [0.25, 0.3) is 0 Å². The first-order valence-corrected chi connectivity index (χ1v) is 5.39. The molecular formula is C12H16F3NO2. The van der Waals surface area contributed by atoms with Gasteiger partial charge >= 0.3 is 6.18 Å². The van der Waals surface area contributed by atoms with Gasteiger partial charge in [-0.2, -0.15) is 13.2 Å². The zero-order valence-corrected chi connectivity index (χ0v) is 10.2. The fourth-order valence-corrected chi connectivity index (χ4v) is 1.55. The summed E-state index contributed by atoms with van der Waals surface area (Å²) in [5, 5.41) is 8.94. The zero-order chi connectivity index (χ0) is 13.8. The third-order valence-corrected chi connectivity index (χ3v) is 2.45. The lowest BCUT2D eigenvalue weighted by atomic mass is 10.2. The molecule has 0 spiro atoms. The Bertz CT molecular complexity index is 382. The van der Waals surface area contributed by atoms with Crippen LogP contribution in [0.4, 0.5) is 13.2 Å². The van der Waals surface area contributed by atoms with Crippen LogP contribution in [0, 0.1) is 0 Å². The first-order chi connectivity index (χ1) is 8.32. The van der Waals surface area contributed by atoms with Gasteiger partial charge in [-0.15, -0.1) is 0 Å². The Kier molecular flexibility index (Phi) is 4.98. The van der Waals surface area contributed by atoms with Crippen molar-refractivity contribution >= 4 is 0 Å². The molecule has 0 saturated carbocycles. The molecule has 18 heavy (non-hydrogen) atoms. The van der Waals surface area contributed by atoms with E-state index in [0.29, 0.717) is 12.3 Å². The number of hydrogen-bond acceptors (Lipinski definition) is 3. The Morgan fingerprint density at radius 2 is 2.06 bits per heavy atom. The maximum atomic E-state index is 12.2. The van der Waals surface area contributed by atoms with Gasteiger partial charge in [-0.25, -0.2) is 0 Å². The van der Waals surface area contributed by atoms with E-state index in [2.05, 4.69) is 0 Å². The number of likely N-dealkylation sites (N-methyl/N-ethyl adjacent to an activating group) is 1. The van der Waals surface area contributed by atoms with Crippen molar-refractivity contribution in [1.82, 2.24) is 4.90 Å². The number of hydrogen-bond donors (Lipinski definition) is 1. The van der Waals surface area contributed by atoms with E-state index in [1.165, 1.54) is 19.1 Å². The van der Waals surface area contributed by atoms with Gasteiger partial charge in [-0.05, 0) is 24.7 Å². The molecule has 0 aliphatic heterocycles. The molecular weight excluding hydrogens is 247 g/mol. The summed E-state index contributed by atoms with van der Waals surface area (Å²) >= 11 is 0. The van der Waals surface area contributed by atoms with Crippen LogP contribution in [-0.4, -0.2) is 43.0 Å². The SMILES string of the molecule is COc1cccc(CN(C)CC(O)C(F)(F)F)c1. The molecule has 0 aliphatic rings. The fraction of sp³-hybridized carbons (Fsp3) is 0.500. The highest BCUT2D eigenvalue weighted by Crippen LogP contribution is 2.21. The first-order valence-electron chi connectivity index (χ1n) is 5.39. The maximum Gasteiger partial charge on any atom is 0.415 e. The van der Waals surface area contributed by atoms with Crippen molar-refractivity contribution in [3.8, 4) is 5.75 Å². The lowest BCUT2D eigenvalue weighted by molar-refractivity contribution is -0.207. The fourth-order valence-electron chi connectivity index (χ4n) is 1.55. The van der Waals surface area contributed by atoms with Crippen molar-refractivity contribution in [3.05, 3.63) is 29.8 Å². The lowest BCUT2D eigenvalue weighted by Crippen LogP contribution is -2.39. The van der Waals surface area contributed by atoms with Gasteiger partial charge in [0.1, 0.15) is 5.75 Å². The number of benzene rings is 1. The van der Waals surface area contributed by atoms with E-state index < -0.39 is 18.8 Å². The van der Waals surface area contributed by atoms with E-state index in [9.17, 15) is 13.2 Å². The minimum Gasteiger partial charge on any atom is -0.497 e. The normalized spacial score (nSPS) is 13.7. The Hall–Kier alpha value is -1.27. The topological polar surface area (TPSA) is 32.7 Å². The Labute approximate surface area is 104 Å². The average molecular weight is 263 g/mol. The predicted molar refractivity (Wildman–Crippen MR) is 61.4 cm³/mol. The summed E-state index contributed by atoms with van der Waals surface area (Å²) in [6, 6.07) is 7.06. The largest absolute Gasteiger partial charge is 0.497 e. The molecule has 0 bridgehead atoms. The Morgan fingerprint density at radius 1 is 1.39 bits per heavy atom. The molecule has 3 nitrogen and oxygen atoms in total. The van der Waals surface area contributed by atoms with Gasteiger partial charge in [0, 0.05) is 13.1 Å². The molecule has 1 aromatic carbocycles. The molecule has 1 N–H and O–H groups in total. The summed E-state index contributed by atoms with van der Waals surface area (Å²) < 4.78 is 41.5. The number of ether oxygens (including phenoxy) is 1. The van der Waals surface area contributed by atoms with Crippen molar-refractivity contribution < 1.29 is 23.0 Å². The lowest BCUT2D eigenvalue weighted by Gasteiger charge is -2.22. The second-order valence-electron chi connectivity index (χ2n) is 4.11. The summed E-state index contributed by atoms with van der Waals surface area (Å²) in [5.74, 6) is 0.650. The van der Waals surface area contributed by atoms with Crippen LogP contribution in [-0.2, 0) is 6.54 Å². The number of methoxy groups -OCH3 is 1. The van der Waals surface area contributed by atoms with E-state index in [1.54, 1.807) is 24.3 Å². The number of nitrogens with zero attached hydrogens (tertiary/aromatic N) is 1. The van der Waals surface area contributed by atoms with Gasteiger partial charge in [-0.3, -0.25) is 4.90 Å². The second kappa shape index (κ2) is 6.06. The highest BCUT2D eigenvalue weighted by Gasteiger charge is 2.38. The number of aliphatic hydroxyl groups is 1. The molecule has 0 aliphatic carbocycles. The summed E-state index contributed by atoms with van der Waals surface area (Å²) in [7, 11) is 3.05. The summed E-state index contributed by atoms with van der Waals surface area (Å²) in [5.41, 5.74) is 0.825. The molecule has 102 valence electrons. The van der Waals surface area contributed by atoms with Crippen LogP contribution in [0.1, 0.15) is 5.56 Å². The van der Waals surface area contributed by atoms with Gasteiger partial charge in [0.05, 0.1) is 7.11 Å². The molecule has 0 fully saturated rings. The van der Waals surface area contributed by atoms with Gasteiger partial charge in [-0.1, -0.05) is 12.1 Å². The van der Waals surface area contributed by atoms with Gasteiger partial charge in [0.2, 0.25) is 0 Å². The van der Waals surface area contributed by atoms with Crippen molar-refractivity contribution in [2.45, 2.75) is 18.8 Å². The summed E-state index contributed by atoms with van der Waals surface area (Å²) in [6.45, 7) is -0.148. The maximum absolute atomic E-state index is 12.2. The van der Waals surface area contributed by atoms with Gasteiger partial charge < -0.3 is 9.84 Å². The molecule has 1 unspecified atom stereocenters. The average Bonchev–Trinajstić information content (AvgIpc) is 2.27. The Balaban J connectivity index is 2.56. The van der Waals surface area contributed by atoms with E-state index >= 15 is 0 Å². The van der Waals surface area contributed by atoms with Crippen LogP contribution in [0.2, 0.25) is 0 Å². The highest BCUT2D eigenvalue weighted by atomic mass is 19.4. The number of rotatable bonds is 5. The smallest absolute Gasteiger partial charge is 0.415 e. The van der Waals surface area contributed by atoms with E-state index in [0.717, 1.165) is 5.56 Å². The molecule has 0 heterocycles. The number of aliphatic hydroxyl groups excluding tert-OH is 1. The third-order valence-electron chi connectivity index (χ3n) is 2.45. The quantitative estimate of drug-likeness (QED) is 0.882. The zero-order valence-electron chi connectivity index (χ0n) is 10.2. The van der Waals surface area contributed by atoms with E-state index in [-0.39, 0.29) is 0 Å². The van der Waals surface area contributed by atoms with Crippen molar-refractivity contribution in [1.29, 1.82) is 0 Å². The van der Waals surface area contributed by atoms with Crippen molar-refractivity contribution in [2.75, 3.05) is 20.7 Å². The highest BCUT2D eigenvalue weighted by molar-refractivity contribution is 5.28. The second-order valence-corrected chi connectivity index (χ2v) is 4.11. The number of halogens is 3. The van der Waals surface area contributed by atoms with Crippen LogP contribution in [0.15, 0.2) is 24.3 Å². The van der Waals surface area contributed by atoms with Gasteiger partial charge in [0.25, 0.3) is 0 Å². The monoisotopic (exact) mass is 263 g/mol. The van der Waals surface area contributed by atoms with Crippen LogP contribution < -0.4 is 4.74 Å². The minimum atomic E-state index is -4.58. The standard InChI is InChI=1S/C12H16F3NO2/c1-16(8-11(17)12(13,14)15)7-9-4-3-5-10(6-9)18-2/h3-6,11,17H,7-8H2,1-2H3. The molecule has 0 aromatic heterocycles. The molecule has 1 atom stereocenters. The summed E-state index contributed by atoms with van der Waals surface area (Å²) in [4.78, 5) is 1.41. The van der Waals surface area contributed by atoms with Crippen molar-refractivity contribution in [3.63, 3.8) is 0 Å². The predicted octanol–water partition coefficient (Wildman–Crippen LogP) is 2.05. The van der Waals surface area contributed by atoms with Crippen LogP contribution in [0.5, 0.6) is 5.75 Å². The third kappa shape index (κ3) is 4.54. The van der Waals surface area contributed by atoms with Crippen LogP contribution >= 0.6 is 0 Å². The first kappa shape index (κ1) is 14.8. The van der Waals surface area contributed by atoms with E-state index in [4.69, 9.17) is 9.84 Å². The molecule has 0 saturated heterocycles. The minimum absolute atomic E-state index is 0.310. The molecule has 0 amide bonds. The molecule has 1 aromatic rings. The van der Waals surface area contributed by atoms with Crippen molar-refractivity contribution in [2.24, 2.45) is 0 Å². The van der Waals surface area contributed by atoms with E-state index in [1.807, 2.05) is 0 Å². The summed E-state index contributed by atoms with van der Waals surface area (Å²) in [6.07, 6.45) is -6.91. The molecule has 0 radical (unpaired) electrons. The molecule has 1 rings (SSSR count). The Morgan fingerprint density at radius 3 is 2.61 bits per heavy atom. The molecule has 6 heteroatoms.